The fourth-order valence-electron chi connectivity index (χ4n) is 2.74. The maximum Gasteiger partial charge on any atom is 0.328 e. The van der Waals surface area contributed by atoms with Gasteiger partial charge in [0.25, 0.3) is 0 Å². The number of esters is 1. The molecule has 0 aromatic heterocycles. The number of amides is 1. The first-order chi connectivity index (χ1) is 8.58. The van der Waals surface area contributed by atoms with E-state index in [9.17, 15) is 9.59 Å². The highest BCUT2D eigenvalue weighted by Gasteiger charge is 2.45. The molecule has 0 aromatic rings. The molecule has 2 aliphatic rings. The number of hydrogen-bond acceptors (Lipinski definition) is 4. The Morgan fingerprint density at radius 1 is 1.44 bits per heavy atom. The van der Waals surface area contributed by atoms with Crippen LogP contribution < -0.4 is 0 Å². The molecule has 1 amide bonds. The molecule has 102 valence electrons. The van der Waals surface area contributed by atoms with Gasteiger partial charge in [0.15, 0.2) is 0 Å². The highest BCUT2D eigenvalue weighted by Crippen LogP contribution is 2.40. The zero-order valence-electron chi connectivity index (χ0n) is 11.1. The molecule has 0 saturated carbocycles. The van der Waals surface area contributed by atoms with Crippen LogP contribution in [0.3, 0.4) is 0 Å². The summed E-state index contributed by atoms with van der Waals surface area (Å²) in [6.07, 6.45) is 3.65. The summed E-state index contributed by atoms with van der Waals surface area (Å²) in [7, 11) is 0. The van der Waals surface area contributed by atoms with Gasteiger partial charge in [-0.2, -0.15) is 0 Å². The van der Waals surface area contributed by atoms with E-state index < -0.39 is 0 Å². The van der Waals surface area contributed by atoms with Crippen molar-refractivity contribution < 1.29 is 14.3 Å². The van der Waals surface area contributed by atoms with E-state index in [2.05, 4.69) is 0 Å². The lowest BCUT2D eigenvalue weighted by Crippen LogP contribution is -2.49. The topological polar surface area (TPSA) is 46.6 Å². The summed E-state index contributed by atoms with van der Waals surface area (Å²) < 4.78 is 4.74. The Balaban J connectivity index is 2.07. The molecule has 0 aromatic carbocycles. The van der Waals surface area contributed by atoms with Gasteiger partial charge in [0.1, 0.15) is 6.04 Å². The summed E-state index contributed by atoms with van der Waals surface area (Å²) in [5.41, 5.74) is 0. The number of ether oxygens (including phenoxy) is 1. The van der Waals surface area contributed by atoms with Crippen molar-refractivity contribution >= 4 is 23.6 Å². The van der Waals surface area contributed by atoms with Crippen molar-refractivity contribution in [2.24, 2.45) is 0 Å². The largest absolute Gasteiger partial charge is 0.464 e. The SMILES string of the molecule is CCOC(=O)C1CCCN1C(=O)C1(C)CCCS1. The van der Waals surface area contributed by atoms with Gasteiger partial charge in [-0.1, -0.05) is 0 Å². The van der Waals surface area contributed by atoms with Gasteiger partial charge < -0.3 is 9.64 Å². The zero-order valence-corrected chi connectivity index (χ0v) is 11.9. The summed E-state index contributed by atoms with van der Waals surface area (Å²) in [6.45, 7) is 4.88. The van der Waals surface area contributed by atoms with E-state index in [-0.39, 0.29) is 22.7 Å². The smallest absolute Gasteiger partial charge is 0.328 e. The number of hydrogen-bond donors (Lipinski definition) is 0. The zero-order chi connectivity index (χ0) is 13.2. The quantitative estimate of drug-likeness (QED) is 0.735. The van der Waals surface area contributed by atoms with E-state index in [1.54, 1.807) is 23.6 Å². The molecule has 5 heteroatoms. The first kappa shape index (κ1) is 13.7. The molecule has 0 spiro atoms. The number of rotatable bonds is 3. The van der Waals surface area contributed by atoms with E-state index >= 15 is 0 Å². The molecule has 0 bridgehead atoms. The molecular weight excluding hydrogens is 250 g/mol. The van der Waals surface area contributed by atoms with Crippen molar-refractivity contribution in [1.29, 1.82) is 0 Å². The Morgan fingerprint density at radius 2 is 2.22 bits per heavy atom. The molecular formula is C13H21NO3S. The lowest BCUT2D eigenvalue weighted by Gasteiger charge is -2.31. The van der Waals surface area contributed by atoms with Crippen molar-refractivity contribution in [3.05, 3.63) is 0 Å². The van der Waals surface area contributed by atoms with Crippen LogP contribution in [0.15, 0.2) is 0 Å². The van der Waals surface area contributed by atoms with Crippen LogP contribution in [0, 0.1) is 0 Å². The molecule has 4 nitrogen and oxygen atoms in total. The Kier molecular flexibility index (Phi) is 4.20. The van der Waals surface area contributed by atoms with E-state index in [0.717, 1.165) is 31.4 Å². The van der Waals surface area contributed by atoms with Gasteiger partial charge in [-0.25, -0.2) is 4.79 Å². The van der Waals surface area contributed by atoms with Gasteiger partial charge >= 0.3 is 5.97 Å². The van der Waals surface area contributed by atoms with E-state index in [1.807, 2.05) is 6.92 Å². The lowest BCUT2D eigenvalue weighted by atomic mass is 10.0. The molecule has 0 N–H and O–H groups in total. The Hall–Kier alpha value is -0.710. The molecule has 2 rings (SSSR count). The second kappa shape index (κ2) is 5.51. The number of carbonyl (C=O) groups is 2. The van der Waals surface area contributed by atoms with Gasteiger partial charge in [0.05, 0.1) is 11.4 Å². The number of likely N-dealkylation sites (tertiary alicyclic amines) is 1. The van der Waals surface area contributed by atoms with Crippen molar-refractivity contribution in [1.82, 2.24) is 4.90 Å². The average molecular weight is 271 g/mol. The summed E-state index contributed by atoms with van der Waals surface area (Å²) in [4.78, 5) is 26.2. The Labute approximate surface area is 112 Å². The maximum absolute atomic E-state index is 12.6. The van der Waals surface area contributed by atoms with Crippen LogP contribution >= 0.6 is 11.8 Å². The summed E-state index contributed by atoms with van der Waals surface area (Å²) >= 11 is 1.72. The second-order valence-electron chi connectivity index (χ2n) is 5.09. The Morgan fingerprint density at radius 3 is 2.83 bits per heavy atom. The molecule has 2 atom stereocenters. The molecule has 0 radical (unpaired) electrons. The van der Waals surface area contributed by atoms with Gasteiger partial charge in [-0.3, -0.25) is 4.79 Å². The van der Waals surface area contributed by atoms with E-state index in [0.29, 0.717) is 13.2 Å². The highest BCUT2D eigenvalue weighted by molar-refractivity contribution is 8.01. The van der Waals surface area contributed by atoms with Crippen molar-refractivity contribution in [2.75, 3.05) is 18.9 Å². The van der Waals surface area contributed by atoms with Crippen LogP contribution in [0.2, 0.25) is 0 Å². The predicted molar refractivity (Wildman–Crippen MR) is 71.5 cm³/mol. The molecule has 0 aliphatic carbocycles. The monoisotopic (exact) mass is 271 g/mol. The molecule has 2 fully saturated rings. The van der Waals surface area contributed by atoms with Gasteiger partial charge in [-0.15, -0.1) is 11.8 Å². The Bertz CT molecular complexity index is 339. The maximum atomic E-state index is 12.6. The number of thioether (sulfide) groups is 1. The molecule has 2 unspecified atom stereocenters. The molecule has 18 heavy (non-hydrogen) atoms. The first-order valence-electron chi connectivity index (χ1n) is 6.70. The number of nitrogens with zero attached hydrogens (tertiary/aromatic N) is 1. The normalized spacial score (nSPS) is 31.7. The third-order valence-electron chi connectivity index (χ3n) is 3.74. The van der Waals surface area contributed by atoms with Crippen LogP contribution in [0.1, 0.15) is 39.5 Å². The minimum absolute atomic E-state index is 0.126. The highest BCUT2D eigenvalue weighted by atomic mass is 32.2. The van der Waals surface area contributed by atoms with Crippen LogP contribution in [-0.2, 0) is 14.3 Å². The third kappa shape index (κ3) is 2.51. The summed E-state index contributed by atoms with van der Waals surface area (Å²) in [5.74, 6) is 0.927. The summed E-state index contributed by atoms with van der Waals surface area (Å²) in [5, 5.41) is 0. The average Bonchev–Trinajstić information content (AvgIpc) is 2.97. The predicted octanol–water partition coefficient (Wildman–Crippen LogP) is 1.83. The van der Waals surface area contributed by atoms with Crippen LogP contribution in [-0.4, -0.2) is 46.5 Å². The van der Waals surface area contributed by atoms with E-state index in [4.69, 9.17) is 4.74 Å². The fraction of sp³-hybridized carbons (Fsp3) is 0.846. The molecule has 2 aliphatic heterocycles. The lowest BCUT2D eigenvalue weighted by molar-refractivity contribution is -0.153. The van der Waals surface area contributed by atoms with Crippen LogP contribution in [0.4, 0.5) is 0 Å². The van der Waals surface area contributed by atoms with Crippen molar-refractivity contribution in [3.63, 3.8) is 0 Å². The number of carbonyl (C=O) groups excluding carboxylic acids is 2. The summed E-state index contributed by atoms with van der Waals surface area (Å²) in [6, 6.07) is -0.351. The molecule has 2 saturated heterocycles. The standard InChI is InChI=1S/C13H21NO3S/c1-3-17-11(15)10-6-4-8-14(10)12(16)13(2)7-5-9-18-13/h10H,3-9H2,1-2H3. The second-order valence-corrected chi connectivity index (χ2v) is 6.69. The van der Waals surface area contributed by atoms with Crippen molar-refractivity contribution in [3.8, 4) is 0 Å². The third-order valence-corrected chi connectivity index (χ3v) is 5.25. The van der Waals surface area contributed by atoms with Crippen molar-refractivity contribution in [2.45, 2.75) is 50.3 Å². The van der Waals surface area contributed by atoms with E-state index in [1.165, 1.54) is 0 Å². The van der Waals surface area contributed by atoms with Gasteiger partial charge in [0, 0.05) is 6.54 Å². The fourth-order valence-corrected chi connectivity index (χ4v) is 4.01. The van der Waals surface area contributed by atoms with Gasteiger partial charge in [-0.05, 0) is 45.3 Å². The molecule has 2 heterocycles. The van der Waals surface area contributed by atoms with Crippen LogP contribution in [0.5, 0.6) is 0 Å². The first-order valence-corrected chi connectivity index (χ1v) is 7.69. The minimum Gasteiger partial charge on any atom is -0.464 e. The van der Waals surface area contributed by atoms with Crippen LogP contribution in [0.25, 0.3) is 0 Å². The minimum atomic E-state index is -0.351. The van der Waals surface area contributed by atoms with Gasteiger partial charge in [0.2, 0.25) is 5.91 Å².